The Morgan fingerprint density at radius 2 is 1.64 bits per heavy atom. The Balaban J connectivity index is 1.81. The Labute approximate surface area is 164 Å². The first kappa shape index (κ1) is 21.1. The maximum atomic E-state index is 12.1. The molecule has 3 amide bonds. The molecule has 0 unspecified atom stereocenters. The van der Waals surface area contributed by atoms with Gasteiger partial charge in [-0.05, 0) is 31.0 Å². The zero-order valence-electron chi connectivity index (χ0n) is 16.0. The number of benzene rings is 2. The lowest BCUT2D eigenvalue weighted by atomic mass is 10.1. The molecule has 0 aromatic heterocycles. The Bertz CT molecular complexity index is 819. The highest BCUT2D eigenvalue weighted by atomic mass is 16.2. The summed E-state index contributed by atoms with van der Waals surface area (Å²) in [5.74, 6) is -0.920. The largest absolute Gasteiger partial charge is 0.351 e. The van der Waals surface area contributed by atoms with E-state index in [-0.39, 0.29) is 18.4 Å². The van der Waals surface area contributed by atoms with Crippen LogP contribution in [0.1, 0.15) is 27.9 Å². The van der Waals surface area contributed by atoms with Crippen molar-refractivity contribution < 1.29 is 14.4 Å². The summed E-state index contributed by atoms with van der Waals surface area (Å²) in [7, 11) is 0. The normalized spacial score (nSPS) is 10.2. The number of hydrogen-bond acceptors (Lipinski definition) is 4. The van der Waals surface area contributed by atoms with Crippen molar-refractivity contribution in [3.05, 3.63) is 65.2 Å². The van der Waals surface area contributed by atoms with E-state index in [0.717, 1.165) is 5.56 Å². The van der Waals surface area contributed by atoms with Gasteiger partial charge in [0.15, 0.2) is 0 Å². The van der Waals surface area contributed by atoms with Gasteiger partial charge in [-0.1, -0.05) is 42.0 Å². The number of amides is 3. The summed E-state index contributed by atoms with van der Waals surface area (Å²) in [4.78, 5) is 36.2. The third kappa shape index (κ3) is 6.85. The van der Waals surface area contributed by atoms with Gasteiger partial charge in [-0.15, -0.1) is 0 Å². The Kier molecular flexibility index (Phi) is 8.17. The molecule has 0 saturated carbocycles. The van der Waals surface area contributed by atoms with E-state index in [2.05, 4.69) is 16.0 Å². The number of nitrogens with one attached hydrogen (secondary N) is 3. The van der Waals surface area contributed by atoms with E-state index in [1.165, 1.54) is 5.56 Å². The van der Waals surface area contributed by atoms with Crippen LogP contribution in [0.2, 0.25) is 0 Å². The fourth-order valence-corrected chi connectivity index (χ4v) is 2.55. The maximum absolute atomic E-state index is 12.1. The first-order valence-corrected chi connectivity index (χ1v) is 9.19. The molecule has 0 aliphatic heterocycles. The van der Waals surface area contributed by atoms with Crippen LogP contribution >= 0.6 is 0 Å². The molecule has 0 bridgehead atoms. The second-order valence-corrected chi connectivity index (χ2v) is 6.40. The van der Waals surface area contributed by atoms with Crippen LogP contribution in [0, 0.1) is 6.92 Å². The molecule has 0 aliphatic rings. The molecule has 2 rings (SSSR count). The van der Waals surface area contributed by atoms with Gasteiger partial charge in [0.05, 0.1) is 17.8 Å². The van der Waals surface area contributed by atoms with Gasteiger partial charge in [-0.3, -0.25) is 14.4 Å². The van der Waals surface area contributed by atoms with Crippen molar-refractivity contribution in [3.8, 4) is 0 Å². The number of anilines is 1. The van der Waals surface area contributed by atoms with Crippen LogP contribution < -0.4 is 21.7 Å². The number of carbonyl (C=O) groups is 3. The van der Waals surface area contributed by atoms with Gasteiger partial charge < -0.3 is 21.7 Å². The molecule has 0 heterocycles. The van der Waals surface area contributed by atoms with Crippen molar-refractivity contribution in [2.24, 2.45) is 5.73 Å². The van der Waals surface area contributed by atoms with Gasteiger partial charge >= 0.3 is 0 Å². The molecule has 0 saturated heterocycles. The topological polar surface area (TPSA) is 113 Å². The fraction of sp³-hybridized carbons (Fsp3) is 0.286. The first-order chi connectivity index (χ1) is 13.5. The molecule has 2 aromatic carbocycles. The van der Waals surface area contributed by atoms with Crippen LogP contribution in [0.15, 0.2) is 48.5 Å². The van der Waals surface area contributed by atoms with E-state index in [1.54, 1.807) is 24.3 Å². The Morgan fingerprint density at radius 3 is 2.36 bits per heavy atom. The predicted octanol–water partition coefficient (Wildman–Crippen LogP) is 1.37. The third-order valence-corrected chi connectivity index (χ3v) is 4.08. The number of hydrogen-bond donors (Lipinski definition) is 4. The molecular formula is C21H26N4O3. The summed E-state index contributed by atoms with van der Waals surface area (Å²) in [5.41, 5.74) is 8.35. The van der Waals surface area contributed by atoms with E-state index in [9.17, 15) is 14.4 Å². The van der Waals surface area contributed by atoms with Crippen molar-refractivity contribution in [2.45, 2.75) is 19.8 Å². The predicted molar refractivity (Wildman–Crippen MR) is 109 cm³/mol. The summed E-state index contributed by atoms with van der Waals surface area (Å²) < 4.78 is 0. The molecular weight excluding hydrogens is 356 g/mol. The molecule has 28 heavy (non-hydrogen) atoms. The lowest BCUT2D eigenvalue weighted by Crippen LogP contribution is -2.34. The molecule has 7 nitrogen and oxygen atoms in total. The van der Waals surface area contributed by atoms with E-state index in [1.807, 2.05) is 31.2 Å². The van der Waals surface area contributed by atoms with Crippen LogP contribution in [-0.4, -0.2) is 37.4 Å². The molecule has 0 atom stereocenters. The van der Waals surface area contributed by atoms with Crippen LogP contribution in [-0.2, 0) is 16.0 Å². The molecule has 2 aromatic rings. The molecule has 5 N–H and O–H groups in total. The highest BCUT2D eigenvalue weighted by Crippen LogP contribution is 2.14. The summed E-state index contributed by atoms with van der Waals surface area (Å²) in [6.07, 6.45) is 0.909. The number of aryl methyl sites for hydroxylation is 2. The minimum Gasteiger partial charge on any atom is -0.351 e. The van der Waals surface area contributed by atoms with Crippen LogP contribution in [0.3, 0.4) is 0 Å². The molecule has 0 aliphatic carbocycles. The summed E-state index contributed by atoms with van der Waals surface area (Å²) in [6.45, 7) is 2.52. The summed E-state index contributed by atoms with van der Waals surface area (Å²) in [6, 6.07) is 14.7. The average molecular weight is 382 g/mol. The van der Waals surface area contributed by atoms with E-state index >= 15 is 0 Å². The Morgan fingerprint density at radius 1 is 0.929 bits per heavy atom. The van der Waals surface area contributed by atoms with Gasteiger partial charge in [0.25, 0.3) is 5.91 Å². The fourth-order valence-electron chi connectivity index (χ4n) is 2.55. The van der Waals surface area contributed by atoms with E-state index < -0.39 is 5.91 Å². The second kappa shape index (κ2) is 10.8. The van der Waals surface area contributed by atoms with Gasteiger partial charge in [-0.25, -0.2) is 0 Å². The van der Waals surface area contributed by atoms with Crippen LogP contribution in [0.5, 0.6) is 0 Å². The highest BCUT2D eigenvalue weighted by molar-refractivity contribution is 6.04. The monoisotopic (exact) mass is 382 g/mol. The number of carbonyl (C=O) groups excluding carboxylic acids is 3. The molecule has 0 radical (unpaired) electrons. The minimum absolute atomic E-state index is 0.161. The van der Waals surface area contributed by atoms with Crippen LogP contribution in [0.4, 0.5) is 5.69 Å². The van der Waals surface area contributed by atoms with Crippen molar-refractivity contribution >= 4 is 23.4 Å². The average Bonchev–Trinajstić information content (AvgIpc) is 2.70. The number of rotatable bonds is 9. The van der Waals surface area contributed by atoms with Crippen molar-refractivity contribution in [1.29, 1.82) is 0 Å². The SMILES string of the molecule is Cc1ccc(CCC(=O)NCC(=O)Nc2ccccc2C(=O)NCCN)cc1. The molecule has 0 spiro atoms. The smallest absolute Gasteiger partial charge is 0.253 e. The van der Waals surface area contributed by atoms with Crippen molar-refractivity contribution in [3.63, 3.8) is 0 Å². The molecule has 0 fully saturated rings. The molecule has 7 heteroatoms. The standard InChI is InChI=1S/C21H26N4O3/c1-15-6-8-16(9-7-15)10-11-19(26)24-14-20(27)25-18-5-3-2-4-17(18)21(28)23-13-12-22/h2-9H,10-14,22H2,1H3,(H,23,28)(H,24,26)(H,25,27). The second-order valence-electron chi connectivity index (χ2n) is 6.40. The van der Waals surface area contributed by atoms with Gasteiger partial charge in [0.1, 0.15) is 0 Å². The lowest BCUT2D eigenvalue weighted by molar-refractivity contribution is -0.124. The van der Waals surface area contributed by atoms with Gasteiger partial charge in [-0.2, -0.15) is 0 Å². The van der Waals surface area contributed by atoms with E-state index in [4.69, 9.17) is 5.73 Å². The van der Waals surface area contributed by atoms with Gasteiger partial charge in [0, 0.05) is 19.5 Å². The summed E-state index contributed by atoms with van der Waals surface area (Å²) >= 11 is 0. The van der Waals surface area contributed by atoms with Gasteiger partial charge in [0.2, 0.25) is 11.8 Å². The van der Waals surface area contributed by atoms with Crippen molar-refractivity contribution in [1.82, 2.24) is 10.6 Å². The minimum atomic E-state index is -0.400. The third-order valence-electron chi connectivity index (χ3n) is 4.08. The summed E-state index contributed by atoms with van der Waals surface area (Å²) in [5, 5.41) is 7.92. The zero-order valence-corrected chi connectivity index (χ0v) is 16.0. The van der Waals surface area contributed by atoms with Crippen molar-refractivity contribution in [2.75, 3.05) is 25.0 Å². The van der Waals surface area contributed by atoms with E-state index in [0.29, 0.717) is 37.2 Å². The van der Waals surface area contributed by atoms with Crippen LogP contribution in [0.25, 0.3) is 0 Å². The quantitative estimate of drug-likeness (QED) is 0.524. The maximum Gasteiger partial charge on any atom is 0.253 e. The zero-order chi connectivity index (χ0) is 20.4. The molecule has 148 valence electrons. The first-order valence-electron chi connectivity index (χ1n) is 9.19. The highest BCUT2D eigenvalue weighted by Gasteiger charge is 2.13. The Hall–Kier alpha value is -3.19. The number of nitrogens with two attached hydrogens (primary N) is 1. The number of para-hydroxylation sites is 1. The lowest BCUT2D eigenvalue weighted by Gasteiger charge is -2.11.